The fourth-order valence-electron chi connectivity index (χ4n) is 2.39. The lowest BCUT2D eigenvalue weighted by Crippen LogP contribution is -2.27. The van der Waals surface area contributed by atoms with E-state index in [-0.39, 0.29) is 28.6 Å². The second-order valence-electron chi connectivity index (χ2n) is 6.28. The van der Waals surface area contributed by atoms with Gasteiger partial charge in [0, 0.05) is 6.54 Å². The van der Waals surface area contributed by atoms with Crippen LogP contribution in [0.4, 0.5) is 5.82 Å². The van der Waals surface area contributed by atoms with Gasteiger partial charge in [0.05, 0.1) is 16.9 Å². The lowest BCUT2D eigenvalue weighted by molar-refractivity contribution is -0.118. The van der Waals surface area contributed by atoms with E-state index in [2.05, 4.69) is 48.4 Å². The van der Waals surface area contributed by atoms with Crippen LogP contribution in [0.25, 0.3) is 0 Å². The molecule has 2 rings (SSSR count). The average Bonchev–Trinajstić information content (AvgIpc) is 2.66. The van der Waals surface area contributed by atoms with Gasteiger partial charge < -0.3 is 11.1 Å². The molecule has 1 heterocycles. The van der Waals surface area contributed by atoms with E-state index < -0.39 is 0 Å². The molecule has 3 N–H and O–H groups in total. The van der Waals surface area contributed by atoms with E-state index in [0.717, 1.165) is 18.2 Å². The Hall–Kier alpha value is -3.03. The Labute approximate surface area is 163 Å². The lowest BCUT2D eigenvalue weighted by atomic mass is 10.0. The molecule has 27 heavy (non-hydrogen) atoms. The molecular formula is C20H21N5OS. The summed E-state index contributed by atoms with van der Waals surface area (Å²) in [7, 11) is 0. The summed E-state index contributed by atoms with van der Waals surface area (Å²) in [4.78, 5) is 16.1. The summed E-state index contributed by atoms with van der Waals surface area (Å²) in [6.45, 7) is 4.84. The van der Waals surface area contributed by atoms with Crippen molar-refractivity contribution in [3.63, 3.8) is 0 Å². The molecule has 1 amide bonds. The van der Waals surface area contributed by atoms with Gasteiger partial charge in [-0.2, -0.15) is 10.5 Å². The standard InChI is InChI=1S/C20H21N5OS/c1-13(2)15-5-3-14(4-6-15)7-8-24-18(26)12-27-20-17(11-22)9-16(10-21)19(23)25-20/h3-6,9,13H,7-8,12H2,1-2H3,(H2,23,25)(H,24,26). The third-order valence-corrected chi connectivity index (χ3v) is 4.97. The summed E-state index contributed by atoms with van der Waals surface area (Å²) < 4.78 is 0. The number of anilines is 1. The van der Waals surface area contributed by atoms with Crippen molar-refractivity contribution in [1.82, 2.24) is 10.3 Å². The summed E-state index contributed by atoms with van der Waals surface area (Å²) in [5, 5.41) is 21.3. The number of nitrogens with zero attached hydrogens (tertiary/aromatic N) is 3. The Kier molecular flexibility index (Phi) is 7.22. The van der Waals surface area contributed by atoms with E-state index in [0.29, 0.717) is 17.5 Å². The molecule has 0 bridgehead atoms. The number of nitrogens with two attached hydrogens (primary N) is 1. The third-order valence-electron chi connectivity index (χ3n) is 3.98. The molecule has 6 nitrogen and oxygen atoms in total. The summed E-state index contributed by atoms with van der Waals surface area (Å²) in [6.07, 6.45) is 0.750. The van der Waals surface area contributed by atoms with E-state index in [9.17, 15) is 4.79 Å². The number of benzene rings is 1. The maximum absolute atomic E-state index is 12.0. The number of nitrogens with one attached hydrogen (secondary N) is 1. The number of thioether (sulfide) groups is 1. The third kappa shape index (κ3) is 5.73. The van der Waals surface area contributed by atoms with Crippen LogP contribution in [0.5, 0.6) is 0 Å². The van der Waals surface area contributed by atoms with E-state index in [1.54, 1.807) is 0 Å². The number of carbonyl (C=O) groups is 1. The Bertz CT molecular complexity index is 894. The molecule has 1 aromatic heterocycles. The first-order valence-electron chi connectivity index (χ1n) is 8.53. The van der Waals surface area contributed by atoms with Crippen LogP contribution in [0, 0.1) is 22.7 Å². The van der Waals surface area contributed by atoms with E-state index >= 15 is 0 Å². The van der Waals surface area contributed by atoms with Crippen molar-refractivity contribution in [2.45, 2.75) is 31.2 Å². The number of nitrogen functional groups attached to an aromatic ring is 1. The molecule has 0 saturated heterocycles. The van der Waals surface area contributed by atoms with Crippen LogP contribution >= 0.6 is 11.8 Å². The van der Waals surface area contributed by atoms with Gasteiger partial charge in [0.15, 0.2) is 0 Å². The quantitative estimate of drug-likeness (QED) is 0.715. The summed E-state index contributed by atoms with van der Waals surface area (Å²) >= 11 is 1.13. The summed E-state index contributed by atoms with van der Waals surface area (Å²) in [5.41, 5.74) is 8.54. The van der Waals surface area contributed by atoms with E-state index in [1.165, 1.54) is 17.2 Å². The number of hydrogen-bond donors (Lipinski definition) is 2. The second kappa shape index (κ2) is 9.61. The van der Waals surface area contributed by atoms with Crippen LogP contribution in [-0.4, -0.2) is 23.2 Å². The van der Waals surface area contributed by atoms with E-state index in [4.69, 9.17) is 16.3 Å². The summed E-state index contributed by atoms with van der Waals surface area (Å²) in [5.74, 6) is 0.537. The molecule has 0 radical (unpaired) electrons. The Morgan fingerprint density at radius 1 is 1.22 bits per heavy atom. The molecular weight excluding hydrogens is 358 g/mol. The highest BCUT2D eigenvalue weighted by Crippen LogP contribution is 2.23. The predicted molar refractivity (Wildman–Crippen MR) is 106 cm³/mol. The van der Waals surface area contributed by atoms with Crippen molar-refractivity contribution in [1.29, 1.82) is 10.5 Å². The number of amides is 1. The maximum atomic E-state index is 12.0. The van der Waals surface area contributed by atoms with Crippen LogP contribution in [0.2, 0.25) is 0 Å². The Morgan fingerprint density at radius 3 is 2.48 bits per heavy atom. The fourth-order valence-corrected chi connectivity index (χ4v) is 3.18. The highest BCUT2D eigenvalue weighted by Gasteiger charge is 2.12. The highest BCUT2D eigenvalue weighted by atomic mass is 32.2. The topological polar surface area (TPSA) is 116 Å². The number of rotatable bonds is 7. The van der Waals surface area contributed by atoms with Crippen LogP contribution in [0.15, 0.2) is 35.4 Å². The molecule has 7 heteroatoms. The largest absolute Gasteiger partial charge is 0.383 e. The fraction of sp³-hybridized carbons (Fsp3) is 0.300. The first-order chi connectivity index (χ1) is 12.9. The first-order valence-corrected chi connectivity index (χ1v) is 9.52. The molecule has 0 unspecified atom stereocenters. The minimum Gasteiger partial charge on any atom is -0.383 e. The van der Waals surface area contributed by atoms with Crippen molar-refractivity contribution in [2.24, 2.45) is 0 Å². The van der Waals surface area contributed by atoms with Crippen molar-refractivity contribution < 1.29 is 4.79 Å². The molecule has 0 aliphatic rings. The van der Waals surface area contributed by atoms with Crippen molar-refractivity contribution in [3.8, 4) is 12.1 Å². The lowest BCUT2D eigenvalue weighted by Gasteiger charge is -2.08. The zero-order chi connectivity index (χ0) is 19.8. The SMILES string of the molecule is CC(C)c1ccc(CCNC(=O)CSc2nc(N)c(C#N)cc2C#N)cc1. The molecule has 0 saturated carbocycles. The molecule has 0 atom stereocenters. The van der Waals surface area contributed by atoms with Crippen LogP contribution in [-0.2, 0) is 11.2 Å². The molecule has 0 aliphatic carbocycles. The first kappa shape index (κ1) is 20.3. The number of nitriles is 2. The number of aromatic nitrogens is 1. The minimum absolute atomic E-state index is 0.0595. The maximum Gasteiger partial charge on any atom is 0.230 e. The van der Waals surface area contributed by atoms with Gasteiger partial charge in [0.2, 0.25) is 5.91 Å². The minimum atomic E-state index is -0.146. The average molecular weight is 379 g/mol. The van der Waals surface area contributed by atoms with Gasteiger partial charge in [-0.05, 0) is 29.5 Å². The van der Waals surface area contributed by atoms with Crippen LogP contribution in [0.3, 0.4) is 0 Å². The zero-order valence-electron chi connectivity index (χ0n) is 15.3. The smallest absolute Gasteiger partial charge is 0.230 e. The molecule has 1 aromatic carbocycles. The second-order valence-corrected chi connectivity index (χ2v) is 7.25. The number of pyridine rings is 1. The summed E-state index contributed by atoms with van der Waals surface area (Å²) in [6, 6.07) is 13.6. The van der Waals surface area contributed by atoms with Crippen molar-refractivity contribution in [2.75, 3.05) is 18.0 Å². The highest BCUT2D eigenvalue weighted by molar-refractivity contribution is 8.00. The number of carbonyl (C=O) groups excluding carboxylic acids is 1. The zero-order valence-corrected chi connectivity index (χ0v) is 16.1. The molecule has 0 aliphatic heterocycles. The molecule has 2 aromatic rings. The normalized spacial score (nSPS) is 10.3. The number of hydrogen-bond acceptors (Lipinski definition) is 6. The molecule has 0 fully saturated rings. The van der Waals surface area contributed by atoms with Gasteiger partial charge in [-0.1, -0.05) is 49.9 Å². The van der Waals surface area contributed by atoms with Gasteiger partial charge >= 0.3 is 0 Å². The van der Waals surface area contributed by atoms with Crippen LogP contribution in [0.1, 0.15) is 42.0 Å². The van der Waals surface area contributed by atoms with Crippen molar-refractivity contribution >= 4 is 23.5 Å². The molecule has 0 spiro atoms. The Morgan fingerprint density at radius 2 is 1.89 bits per heavy atom. The van der Waals surface area contributed by atoms with Gasteiger partial charge in [-0.15, -0.1) is 0 Å². The van der Waals surface area contributed by atoms with Gasteiger partial charge in [-0.25, -0.2) is 4.98 Å². The van der Waals surface area contributed by atoms with E-state index in [1.807, 2.05) is 12.1 Å². The van der Waals surface area contributed by atoms with Gasteiger partial charge in [0.1, 0.15) is 23.0 Å². The van der Waals surface area contributed by atoms with Crippen LogP contribution < -0.4 is 11.1 Å². The monoisotopic (exact) mass is 379 g/mol. The molecule has 138 valence electrons. The Balaban J connectivity index is 1.84. The van der Waals surface area contributed by atoms with Crippen molar-refractivity contribution in [3.05, 3.63) is 52.6 Å². The van der Waals surface area contributed by atoms with Gasteiger partial charge in [0.25, 0.3) is 0 Å². The van der Waals surface area contributed by atoms with Gasteiger partial charge in [-0.3, -0.25) is 4.79 Å². The predicted octanol–water partition coefficient (Wildman–Crippen LogP) is 2.98.